The van der Waals surface area contributed by atoms with Crippen molar-refractivity contribution >= 4 is 29.2 Å². The Morgan fingerprint density at radius 2 is 1.62 bits per heavy atom. The van der Waals surface area contributed by atoms with Gasteiger partial charge in [-0.1, -0.05) is 25.0 Å². The molecule has 19 nitrogen and oxygen atoms in total. The van der Waals surface area contributed by atoms with Gasteiger partial charge in [0, 0.05) is 67.8 Å². The van der Waals surface area contributed by atoms with Crippen LogP contribution in [0.3, 0.4) is 0 Å². The van der Waals surface area contributed by atoms with Crippen LogP contribution in [0.15, 0.2) is 30.4 Å². The molecule has 6 N–H and O–H groups in total. The van der Waals surface area contributed by atoms with Gasteiger partial charge in [-0.15, -0.1) is 0 Å². The van der Waals surface area contributed by atoms with E-state index in [9.17, 15) is 44.4 Å². The van der Waals surface area contributed by atoms with Crippen molar-refractivity contribution < 1.29 is 77.6 Å². The van der Waals surface area contributed by atoms with Crippen LogP contribution >= 0.6 is 0 Å². The summed E-state index contributed by atoms with van der Waals surface area (Å²) in [5, 5.41) is 51.8. The smallest absolute Gasteiger partial charge is 0.253 e. The maximum Gasteiger partial charge on any atom is 0.253 e. The first-order valence-corrected chi connectivity index (χ1v) is 22.0. The summed E-state index contributed by atoms with van der Waals surface area (Å²) in [5.74, 6) is -4.27. The lowest BCUT2D eigenvalue weighted by Crippen LogP contribution is -2.52. The molecule has 0 radical (unpaired) electrons. The Morgan fingerprint density at radius 3 is 2.35 bits per heavy atom. The Kier molecular flexibility index (Phi) is 17.4. The third-order valence-electron chi connectivity index (χ3n) is 12.2. The standard InChI is InChI=1S/C46H61N3O16/c1-45(25-62-20-19-61-18-17-59-2,48-14-6-4-5-7-15-49-34(52)11-12-35(49)53)26-63-27-47-28-13-16-64-36(21-28)65-32-23-46(58,33(51)24-50)22-30-38(32)44(57)40-39(42(30)55)41(54)29-9-8-10-31(60-3)37(29)43(40)56/h8-12,28,32,36,47-48,50,55,57-58H,4-7,13-27H2,1-3H3/t28-,32?,36?,45?,46?/m0/s1. The molecule has 0 aromatic heterocycles. The molecule has 0 bridgehead atoms. The van der Waals surface area contributed by atoms with Gasteiger partial charge in [-0.05, 0) is 38.8 Å². The number of fused-ring (bicyclic) bond motifs is 3. The van der Waals surface area contributed by atoms with E-state index in [1.54, 1.807) is 7.11 Å². The monoisotopic (exact) mass is 911 g/mol. The van der Waals surface area contributed by atoms with Crippen molar-refractivity contribution in [2.24, 2.45) is 0 Å². The molecule has 0 spiro atoms. The van der Waals surface area contributed by atoms with Gasteiger partial charge in [0.2, 0.25) is 5.78 Å². The van der Waals surface area contributed by atoms with Crippen LogP contribution in [0.2, 0.25) is 0 Å². The van der Waals surface area contributed by atoms with Crippen LogP contribution < -0.4 is 15.4 Å². The van der Waals surface area contributed by atoms with Gasteiger partial charge in [0.25, 0.3) is 11.8 Å². The topological polar surface area (TPSA) is 258 Å². The zero-order valence-corrected chi connectivity index (χ0v) is 37.2. The summed E-state index contributed by atoms with van der Waals surface area (Å²) in [6.07, 6.45) is 3.42. The number of aliphatic hydroxyl groups excluding tert-OH is 1. The number of amides is 2. The molecule has 1 fully saturated rings. The van der Waals surface area contributed by atoms with Crippen molar-refractivity contribution in [2.45, 2.75) is 87.9 Å². The van der Waals surface area contributed by atoms with Crippen molar-refractivity contribution in [2.75, 3.05) is 86.9 Å². The normalized spacial score (nSPS) is 22.5. The number of nitrogens with zero attached hydrogens (tertiary/aromatic N) is 1. The molecular formula is C46H61N3O16. The van der Waals surface area contributed by atoms with Gasteiger partial charge < -0.3 is 58.9 Å². The highest BCUT2D eigenvalue weighted by molar-refractivity contribution is 6.31. The van der Waals surface area contributed by atoms with E-state index in [1.165, 1.54) is 42.4 Å². The van der Waals surface area contributed by atoms with Crippen LogP contribution in [-0.4, -0.2) is 165 Å². The van der Waals surface area contributed by atoms with Crippen molar-refractivity contribution in [1.82, 2.24) is 15.5 Å². The third-order valence-corrected chi connectivity index (χ3v) is 12.2. The summed E-state index contributed by atoms with van der Waals surface area (Å²) in [4.78, 5) is 65.7. The third kappa shape index (κ3) is 11.7. The number of hydrogen-bond acceptors (Lipinski definition) is 18. The predicted molar refractivity (Wildman–Crippen MR) is 230 cm³/mol. The maximum atomic E-state index is 14.0. The number of imide groups is 1. The summed E-state index contributed by atoms with van der Waals surface area (Å²) < 4.78 is 40.3. The minimum Gasteiger partial charge on any atom is -0.507 e. The molecule has 2 aromatic carbocycles. The van der Waals surface area contributed by atoms with Crippen LogP contribution in [0.5, 0.6) is 17.2 Å². The average molecular weight is 912 g/mol. The van der Waals surface area contributed by atoms with E-state index in [0.717, 1.165) is 25.7 Å². The van der Waals surface area contributed by atoms with Crippen molar-refractivity contribution in [3.8, 4) is 17.2 Å². The van der Waals surface area contributed by atoms with Gasteiger partial charge in [0.05, 0.1) is 88.4 Å². The number of aliphatic hydroxyl groups is 2. The number of phenols is 2. The highest BCUT2D eigenvalue weighted by atomic mass is 16.7. The van der Waals surface area contributed by atoms with Gasteiger partial charge in [-0.2, -0.15) is 0 Å². The second-order valence-corrected chi connectivity index (χ2v) is 16.9. The number of Topliss-reactive ketones (excluding diaryl/α,β-unsaturated/α-hetero) is 1. The second kappa shape index (κ2) is 22.7. The number of methoxy groups -OCH3 is 2. The first-order chi connectivity index (χ1) is 31.3. The molecule has 2 aliphatic heterocycles. The fourth-order valence-corrected chi connectivity index (χ4v) is 8.66. The quantitative estimate of drug-likeness (QED) is 0.0290. The summed E-state index contributed by atoms with van der Waals surface area (Å²) in [5.41, 5.74) is -4.15. The van der Waals surface area contributed by atoms with E-state index >= 15 is 0 Å². The Morgan fingerprint density at radius 1 is 0.908 bits per heavy atom. The van der Waals surface area contributed by atoms with Crippen LogP contribution in [-0.2, 0) is 49.2 Å². The average Bonchev–Trinajstić information content (AvgIpc) is 3.62. The fraction of sp³-hybridized carbons (Fsp3) is 0.587. The van der Waals surface area contributed by atoms with Gasteiger partial charge in [0.1, 0.15) is 29.5 Å². The minimum absolute atomic E-state index is 0.0524. The van der Waals surface area contributed by atoms with E-state index in [1.807, 2.05) is 6.92 Å². The maximum absolute atomic E-state index is 14.0. The lowest BCUT2D eigenvalue weighted by molar-refractivity contribution is -0.208. The number of hydrogen-bond donors (Lipinski definition) is 6. The molecule has 1 saturated heterocycles. The van der Waals surface area contributed by atoms with E-state index in [2.05, 4.69) is 10.6 Å². The molecule has 0 saturated carbocycles. The van der Waals surface area contributed by atoms with Gasteiger partial charge >= 0.3 is 0 Å². The number of carbonyl (C=O) groups is 5. The molecule has 4 unspecified atom stereocenters. The van der Waals surface area contributed by atoms with E-state index in [-0.39, 0.29) is 72.2 Å². The van der Waals surface area contributed by atoms with Crippen molar-refractivity contribution in [3.63, 3.8) is 0 Å². The number of phenolic OH excluding ortho intramolecular Hbond substituents is 2. The Bertz CT molecular complexity index is 2080. The first kappa shape index (κ1) is 49.8. The molecule has 65 heavy (non-hydrogen) atoms. The van der Waals surface area contributed by atoms with Gasteiger partial charge in [-0.25, -0.2) is 0 Å². The first-order valence-electron chi connectivity index (χ1n) is 22.0. The van der Waals surface area contributed by atoms with Crippen LogP contribution in [0.1, 0.15) is 101 Å². The minimum atomic E-state index is -2.26. The Balaban J connectivity index is 1.07. The molecule has 2 amide bonds. The number of benzene rings is 2. The Hall–Kier alpha value is -4.67. The SMILES string of the molecule is COCCOCCOCC(C)(COCN[C@H]1CCOC(OC2CC(O)(C(=O)CO)Cc3c(O)c4c(c(O)c32)C(=O)c2c(OC)cccc2C4=O)C1)NCCCCCCN1C(=O)C=CC1=O. The molecule has 5 atom stereocenters. The van der Waals surface area contributed by atoms with Gasteiger partial charge in [-0.3, -0.25) is 34.2 Å². The lowest BCUT2D eigenvalue weighted by Gasteiger charge is -2.40. The zero-order chi connectivity index (χ0) is 46.7. The number of aromatic hydroxyl groups is 2. The largest absolute Gasteiger partial charge is 0.507 e. The molecule has 356 valence electrons. The molecule has 4 aliphatic rings. The summed E-state index contributed by atoms with van der Waals surface area (Å²) >= 11 is 0. The zero-order valence-electron chi connectivity index (χ0n) is 37.2. The van der Waals surface area contributed by atoms with Crippen LogP contribution in [0.25, 0.3) is 0 Å². The van der Waals surface area contributed by atoms with E-state index in [0.29, 0.717) is 52.5 Å². The highest BCUT2D eigenvalue weighted by Crippen LogP contribution is 2.52. The summed E-state index contributed by atoms with van der Waals surface area (Å²) in [6.45, 7) is 4.77. The van der Waals surface area contributed by atoms with Crippen molar-refractivity contribution in [1.29, 1.82) is 0 Å². The van der Waals surface area contributed by atoms with Crippen LogP contribution in [0.4, 0.5) is 0 Å². The number of ketones is 3. The molecule has 6 rings (SSSR count). The number of rotatable bonds is 26. The molecule has 19 heteroatoms. The highest BCUT2D eigenvalue weighted by Gasteiger charge is 2.50. The summed E-state index contributed by atoms with van der Waals surface area (Å²) in [7, 11) is 2.94. The van der Waals surface area contributed by atoms with Crippen molar-refractivity contribution in [3.05, 3.63) is 63.7 Å². The predicted octanol–water partition coefficient (Wildman–Crippen LogP) is 1.76. The number of carbonyl (C=O) groups excluding carboxylic acids is 5. The number of ether oxygens (including phenoxy) is 7. The fourth-order valence-electron chi connectivity index (χ4n) is 8.66. The lowest BCUT2D eigenvalue weighted by atomic mass is 9.72. The second-order valence-electron chi connectivity index (χ2n) is 16.9. The Labute approximate surface area is 377 Å². The number of nitrogens with one attached hydrogen (secondary N) is 2. The molecule has 2 aromatic rings. The molecule has 2 aliphatic carbocycles. The van der Waals surface area contributed by atoms with Crippen LogP contribution in [0, 0.1) is 0 Å². The van der Waals surface area contributed by atoms with E-state index < -0.39 is 83.0 Å². The summed E-state index contributed by atoms with van der Waals surface area (Å²) in [6, 6.07) is 4.22. The van der Waals surface area contributed by atoms with Gasteiger partial charge in [0.15, 0.2) is 17.9 Å². The van der Waals surface area contributed by atoms with E-state index in [4.69, 9.17) is 33.2 Å². The molecule has 2 heterocycles. The molecular weight excluding hydrogens is 851 g/mol. The number of unbranched alkanes of at least 4 members (excludes halogenated alkanes) is 3.